The van der Waals surface area contributed by atoms with E-state index in [1.165, 1.54) is 11.1 Å². The number of aryl methyl sites for hydroxylation is 1. The summed E-state index contributed by atoms with van der Waals surface area (Å²) >= 11 is 0. The Bertz CT molecular complexity index is 680. The van der Waals surface area contributed by atoms with Gasteiger partial charge in [0.1, 0.15) is 0 Å². The summed E-state index contributed by atoms with van der Waals surface area (Å²) in [4.78, 5) is 19.3. The molecule has 2 aromatic rings. The molecule has 26 heavy (non-hydrogen) atoms. The number of benzene rings is 1. The van der Waals surface area contributed by atoms with Crippen LogP contribution in [0.2, 0.25) is 0 Å². The molecule has 0 bridgehead atoms. The van der Waals surface area contributed by atoms with Gasteiger partial charge in [0.25, 0.3) is 0 Å². The van der Waals surface area contributed by atoms with Crippen LogP contribution < -0.4 is 0 Å². The molecule has 0 spiro atoms. The Morgan fingerprint density at radius 1 is 1.08 bits per heavy atom. The molecular weight excluding hydrogens is 324 g/mol. The molecule has 138 valence electrons. The summed E-state index contributed by atoms with van der Waals surface area (Å²) < 4.78 is 5.46. The average molecular weight is 352 g/mol. The molecule has 0 radical (unpaired) electrons. The monoisotopic (exact) mass is 352 g/mol. The van der Waals surface area contributed by atoms with E-state index in [-0.39, 0.29) is 11.4 Å². The average Bonchev–Trinajstić information content (AvgIpc) is 2.69. The van der Waals surface area contributed by atoms with Gasteiger partial charge < -0.3 is 4.74 Å². The fourth-order valence-electron chi connectivity index (χ4n) is 3.75. The lowest BCUT2D eigenvalue weighted by molar-refractivity contribution is -0.159. The fourth-order valence-corrected chi connectivity index (χ4v) is 3.75. The number of pyridine rings is 1. The fraction of sp³-hybridized carbons (Fsp3) is 0.455. The van der Waals surface area contributed by atoms with Crippen molar-refractivity contribution in [2.75, 3.05) is 19.7 Å². The van der Waals surface area contributed by atoms with Gasteiger partial charge in [-0.05, 0) is 69.0 Å². The number of carbonyl (C=O) groups is 1. The third kappa shape index (κ3) is 4.70. The van der Waals surface area contributed by atoms with E-state index < -0.39 is 0 Å². The minimum absolute atomic E-state index is 0.0144. The first-order valence-electron chi connectivity index (χ1n) is 9.54. The molecule has 1 aromatic heterocycles. The first-order valence-corrected chi connectivity index (χ1v) is 9.54. The Balaban J connectivity index is 1.63. The zero-order chi connectivity index (χ0) is 18.2. The van der Waals surface area contributed by atoms with Crippen molar-refractivity contribution in [2.24, 2.45) is 5.41 Å². The van der Waals surface area contributed by atoms with Gasteiger partial charge >= 0.3 is 5.97 Å². The number of hydrogen-bond acceptors (Lipinski definition) is 4. The summed E-state index contributed by atoms with van der Waals surface area (Å²) in [6, 6.07) is 14.5. The van der Waals surface area contributed by atoms with Crippen molar-refractivity contribution in [3.63, 3.8) is 0 Å². The third-order valence-corrected chi connectivity index (χ3v) is 5.41. The van der Waals surface area contributed by atoms with Gasteiger partial charge in [0.2, 0.25) is 0 Å². The summed E-state index contributed by atoms with van der Waals surface area (Å²) in [6.07, 6.45) is 7.18. The van der Waals surface area contributed by atoms with E-state index >= 15 is 0 Å². The molecule has 0 aliphatic carbocycles. The standard InChI is InChI=1S/C22H28N2O2/c1-2-26-21(25)22(11-8-19-6-4-3-5-7-19)12-16-24(17-13-22)18-20-9-14-23-15-10-20/h3-7,9-10,14-15H,2,8,11-13,16-18H2,1H3. The molecular formula is C22H28N2O2. The van der Waals surface area contributed by atoms with Crippen molar-refractivity contribution in [2.45, 2.75) is 39.2 Å². The van der Waals surface area contributed by atoms with Crippen molar-refractivity contribution in [1.29, 1.82) is 0 Å². The lowest BCUT2D eigenvalue weighted by atomic mass is 9.74. The van der Waals surface area contributed by atoms with Gasteiger partial charge in [-0.15, -0.1) is 0 Å². The largest absolute Gasteiger partial charge is 0.466 e. The summed E-state index contributed by atoms with van der Waals surface area (Å²) in [6.45, 7) is 5.11. The first kappa shape index (κ1) is 18.6. The van der Waals surface area contributed by atoms with Crippen molar-refractivity contribution >= 4 is 5.97 Å². The van der Waals surface area contributed by atoms with Crippen molar-refractivity contribution in [1.82, 2.24) is 9.88 Å². The van der Waals surface area contributed by atoms with Gasteiger partial charge in [0.05, 0.1) is 12.0 Å². The lowest BCUT2D eigenvalue weighted by Crippen LogP contribution is -2.45. The summed E-state index contributed by atoms with van der Waals surface area (Å²) in [5.41, 5.74) is 2.21. The number of esters is 1. The smallest absolute Gasteiger partial charge is 0.312 e. The summed E-state index contributed by atoms with van der Waals surface area (Å²) in [5, 5.41) is 0. The van der Waals surface area contributed by atoms with Crippen molar-refractivity contribution < 1.29 is 9.53 Å². The molecule has 0 N–H and O–H groups in total. The third-order valence-electron chi connectivity index (χ3n) is 5.41. The lowest BCUT2D eigenvalue weighted by Gasteiger charge is -2.40. The Labute approximate surface area is 156 Å². The number of likely N-dealkylation sites (tertiary alicyclic amines) is 1. The van der Waals surface area contributed by atoms with Gasteiger partial charge in [-0.3, -0.25) is 14.7 Å². The number of carbonyl (C=O) groups excluding carboxylic acids is 1. The van der Waals surface area contributed by atoms with Gasteiger partial charge in [0.15, 0.2) is 0 Å². The number of nitrogens with zero attached hydrogens (tertiary/aromatic N) is 2. The molecule has 4 nitrogen and oxygen atoms in total. The molecule has 2 heterocycles. The topological polar surface area (TPSA) is 42.4 Å². The highest BCUT2D eigenvalue weighted by atomic mass is 16.5. The predicted molar refractivity (Wildman–Crippen MR) is 103 cm³/mol. The molecule has 1 saturated heterocycles. The van der Waals surface area contributed by atoms with Gasteiger partial charge in [-0.2, -0.15) is 0 Å². The van der Waals surface area contributed by atoms with Gasteiger partial charge in [0, 0.05) is 18.9 Å². The predicted octanol–water partition coefficient (Wildman–Crippen LogP) is 3.86. The van der Waals surface area contributed by atoms with E-state index in [0.717, 1.165) is 45.3 Å². The van der Waals surface area contributed by atoms with Crippen LogP contribution in [0.15, 0.2) is 54.9 Å². The summed E-state index contributed by atoms with van der Waals surface area (Å²) in [5.74, 6) is -0.0144. The minimum atomic E-state index is -0.347. The quantitative estimate of drug-likeness (QED) is 0.710. The zero-order valence-corrected chi connectivity index (χ0v) is 15.6. The van der Waals surface area contributed by atoms with Crippen molar-refractivity contribution in [3.05, 3.63) is 66.0 Å². The van der Waals surface area contributed by atoms with E-state index in [1.807, 2.05) is 25.4 Å². The molecule has 3 rings (SSSR count). The maximum Gasteiger partial charge on any atom is 0.312 e. The van der Waals surface area contributed by atoms with Crippen LogP contribution in [-0.4, -0.2) is 35.5 Å². The van der Waals surface area contributed by atoms with E-state index in [9.17, 15) is 4.79 Å². The molecule has 1 aliphatic heterocycles. The van der Waals surface area contributed by atoms with Crippen LogP contribution in [0.1, 0.15) is 37.3 Å². The number of aromatic nitrogens is 1. The number of rotatable bonds is 7. The maximum absolute atomic E-state index is 12.8. The number of ether oxygens (including phenoxy) is 1. The molecule has 1 aromatic carbocycles. The number of hydrogen-bond donors (Lipinski definition) is 0. The van der Waals surface area contributed by atoms with Gasteiger partial charge in [-0.25, -0.2) is 0 Å². The Hall–Kier alpha value is -2.20. The van der Waals surface area contributed by atoms with Crippen LogP contribution in [-0.2, 0) is 22.5 Å². The molecule has 0 unspecified atom stereocenters. The zero-order valence-electron chi connectivity index (χ0n) is 15.6. The second kappa shape index (κ2) is 8.95. The minimum Gasteiger partial charge on any atom is -0.466 e. The molecule has 1 fully saturated rings. The molecule has 4 heteroatoms. The highest BCUT2D eigenvalue weighted by molar-refractivity contribution is 5.77. The molecule has 1 aliphatic rings. The van der Waals surface area contributed by atoms with Crippen LogP contribution in [0.5, 0.6) is 0 Å². The molecule has 0 amide bonds. The maximum atomic E-state index is 12.8. The van der Waals surface area contributed by atoms with Crippen LogP contribution in [0.25, 0.3) is 0 Å². The Morgan fingerprint density at radius 3 is 2.42 bits per heavy atom. The Kier molecular flexibility index (Phi) is 6.40. The Morgan fingerprint density at radius 2 is 1.77 bits per heavy atom. The van der Waals surface area contributed by atoms with Crippen LogP contribution in [0.3, 0.4) is 0 Å². The van der Waals surface area contributed by atoms with Crippen LogP contribution in [0, 0.1) is 5.41 Å². The van der Waals surface area contributed by atoms with E-state index in [0.29, 0.717) is 6.61 Å². The first-order chi connectivity index (χ1) is 12.7. The second-order valence-corrected chi connectivity index (χ2v) is 7.12. The highest BCUT2D eigenvalue weighted by Gasteiger charge is 2.42. The highest BCUT2D eigenvalue weighted by Crippen LogP contribution is 2.38. The second-order valence-electron chi connectivity index (χ2n) is 7.12. The van der Waals surface area contributed by atoms with Gasteiger partial charge in [-0.1, -0.05) is 30.3 Å². The molecule has 0 saturated carbocycles. The SMILES string of the molecule is CCOC(=O)C1(CCc2ccccc2)CCN(Cc2ccncc2)CC1. The normalized spacial score (nSPS) is 17.0. The van der Waals surface area contributed by atoms with Crippen molar-refractivity contribution in [3.8, 4) is 0 Å². The van der Waals surface area contributed by atoms with E-state index in [2.05, 4.69) is 46.3 Å². The van der Waals surface area contributed by atoms with E-state index in [4.69, 9.17) is 4.74 Å². The summed E-state index contributed by atoms with van der Waals surface area (Å²) in [7, 11) is 0. The van der Waals surface area contributed by atoms with Crippen LogP contribution in [0.4, 0.5) is 0 Å². The number of piperidine rings is 1. The van der Waals surface area contributed by atoms with E-state index in [1.54, 1.807) is 0 Å². The van der Waals surface area contributed by atoms with Crippen LogP contribution >= 0.6 is 0 Å². The molecule has 0 atom stereocenters.